The molecule has 1 saturated carbocycles. The number of carbonyl (C=O) groups is 1. The zero-order chi connectivity index (χ0) is 15.4. The fourth-order valence-electron chi connectivity index (χ4n) is 2.72. The number of nitrogens with zero attached hydrogens (tertiary/aromatic N) is 1. The molecule has 1 fully saturated rings. The summed E-state index contributed by atoms with van der Waals surface area (Å²) < 4.78 is 0. The number of carbonyl (C=O) groups excluding carboxylic acids is 1. The first kappa shape index (κ1) is 16.2. The standard InChI is InChI=1S/C14H16BrClN2O3/c15-7-9-2-1-3-10(9)8-17-14(19)11-4-12(16)6-13(5-11)18(20)21/h4-6,9-10H,1-3,7-8H2,(H,17,19). The van der Waals surface area contributed by atoms with Crippen LogP contribution in [0.3, 0.4) is 0 Å². The fraction of sp³-hybridized carbons (Fsp3) is 0.500. The molecule has 0 saturated heterocycles. The van der Waals surface area contributed by atoms with Gasteiger partial charge in [0.25, 0.3) is 11.6 Å². The third-order valence-electron chi connectivity index (χ3n) is 3.90. The van der Waals surface area contributed by atoms with Gasteiger partial charge in [0.1, 0.15) is 0 Å². The van der Waals surface area contributed by atoms with E-state index in [-0.39, 0.29) is 22.2 Å². The van der Waals surface area contributed by atoms with Gasteiger partial charge < -0.3 is 5.32 Å². The van der Waals surface area contributed by atoms with E-state index < -0.39 is 4.92 Å². The molecule has 21 heavy (non-hydrogen) atoms. The molecule has 2 atom stereocenters. The Morgan fingerprint density at radius 2 is 2.10 bits per heavy atom. The molecule has 0 spiro atoms. The molecule has 0 bridgehead atoms. The summed E-state index contributed by atoms with van der Waals surface area (Å²) >= 11 is 9.32. The number of amides is 1. The van der Waals surface area contributed by atoms with Gasteiger partial charge in [-0.3, -0.25) is 14.9 Å². The number of nitrogens with one attached hydrogen (secondary N) is 1. The van der Waals surface area contributed by atoms with Crippen LogP contribution in [0, 0.1) is 22.0 Å². The summed E-state index contributed by atoms with van der Waals surface area (Å²) in [6.07, 6.45) is 3.46. The van der Waals surface area contributed by atoms with Gasteiger partial charge in [-0.15, -0.1) is 0 Å². The molecule has 1 aliphatic carbocycles. The molecular weight excluding hydrogens is 360 g/mol. The SMILES string of the molecule is O=C(NCC1CCCC1CBr)c1cc(Cl)cc([N+](=O)[O-])c1. The highest BCUT2D eigenvalue weighted by Gasteiger charge is 2.26. The normalized spacial score (nSPS) is 21.2. The van der Waals surface area contributed by atoms with E-state index in [9.17, 15) is 14.9 Å². The minimum Gasteiger partial charge on any atom is -0.352 e. The Morgan fingerprint density at radius 1 is 1.38 bits per heavy atom. The number of hydrogen-bond donors (Lipinski definition) is 1. The maximum atomic E-state index is 12.1. The van der Waals surface area contributed by atoms with E-state index in [1.807, 2.05) is 0 Å². The van der Waals surface area contributed by atoms with Crippen molar-refractivity contribution in [1.29, 1.82) is 0 Å². The number of benzene rings is 1. The van der Waals surface area contributed by atoms with Gasteiger partial charge in [0, 0.05) is 34.6 Å². The molecule has 0 aromatic heterocycles. The van der Waals surface area contributed by atoms with Crippen molar-refractivity contribution >= 4 is 39.1 Å². The Balaban J connectivity index is 2.02. The molecule has 7 heteroatoms. The van der Waals surface area contributed by atoms with Crippen LogP contribution in [0.5, 0.6) is 0 Å². The average Bonchev–Trinajstić information content (AvgIpc) is 2.91. The maximum absolute atomic E-state index is 12.1. The number of halogens is 2. The zero-order valence-electron chi connectivity index (χ0n) is 11.4. The second-order valence-corrected chi connectivity index (χ2v) is 6.35. The molecule has 1 aromatic rings. The number of nitro benzene ring substituents is 1. The molecule has 1 aliphatic rings. The molecule has 0 aliphatic heterocycles. The number of non-ortho nitro benzene ring substituents is 1. The van der Waals surface area contributed by atoms with Crippen LogP contribution in [0.2, 0.25) is 5.02 Å². The lowest BCUT2D eigenvalue weighted by molar-refractivity contribution is -0.384. The second kappa shape index (κ2) is 7.22. The van der Waals surface area contributed by atoms with E-state index in [2.05, 4.69) is 21.2 Å². The van der Waals surface area contributed by atoms with E-state index in [4.69, 9.17) is 11.6 Å². The van der Waals surface area contributed by atoms with E-state index in [1.54, 1.807) is 0 Å². The molecule has 1 N–H and O–H groups in total. The molecule has 2 rings (SSSR count). The van der Waals surface area contributed by atoms with Crippen molar-refractivity contribution < 1.29 is 9.72 Å². The summed E-state index contributed by atoms with van der Waals surface area (Å²) in [4.78, 5) is 22.4. The van der Waals surface area contributed by atoms with Crippen LogP contribution in [0.1, 0.15) is 29.6 Å². The highest BCUT2D eigenvalue weighted by molar-refractivity contribution is 9.09. The summed E-state index contributed by atoms with van der Waals surface area (Å²) in [5.74, 6) is 0.724. The lowest BCUT2D eigenvalue weighted by atomic mass is 9.98. The number of alkyl halides is 1. The van der Waals surface area contributed by atoms with Crippen LogP contribution >= 0.6 is 27.5 Å². The first-order chi connectivity index (χ1) is 10.0. The summed E-state index contributed by atoms with van der Waals surface area (Å²) in [6.45, 7) is 0.593. The van der Waals surface area contributed by atoms with E-state index >= 15 is 0 Å². The van der Waals surface area contributed by atoms with Gasteiger partial charge in [-0.2, -0.15) is 0 Å². The summed E-state index contributed by atoms with van der Waals surface area (Å²) in [5, 5.41) is 14.8. The van der Waals surface area contributed by atoms with Gasteiger partial charge >= 0.3 is 0 Å². The Kier molecular flexibility index (Phi) is 5.58. The average molecular weight is 376 g/mol. The van der Waals surface area contributed by atoms with Crippen LogP contribution < -0.4 is 5.32 Å². The van der Waals surface area contributed by atoms with Crippen molar-refractivity contribution in [2.24, 2.45) is 11.8 Å². The largest absolute Gasteiger partial charge is 0.352 e. The van der Waals surface area contributed by atoms with Crippen molar-refractivity contribution in [3.05, 3.63) is 38.9 Å². The van der Waals surface area contributed by atoms with Gasteiger partial charge in [0.05, 0.1) is 4.92 Å². The number of rotatable bonds is 5. The predicted molar refractivity (Wildman–Crippen MR) is 85.1 cm³/mol. The zero-order valence-corrected chi connectivity index (χ0v) is 13.7. The van der Waals surface area contributed by atoms with Crippen molar-refractivity contribution in [3.63, 3.8) is 0 Å². The van der Waals surface area contributed by atoms with E-state index in [0.717, 1.165) is 11.8 Å². The minimum absolute atomic E-state index is 0.174. The first-order valence-electron chi connectivity index (χ1n) is 6.80. The third-order valence-corrected chi connectivity index (χ3v) is 4.94. The predicted octanol–water partition coefficient (Wildman–Crippen LogP) is 3.79. The summed E-state index contributed by atoms with van der Waals surface area (Å²) in [6, 6.07) is 3.93. The molecule has 1 amide bonds. The van der Waals surface area contributed by atoms with Crippen LogP contribution in [0.4, 0.5) is 5.69 Å². The van der Waals surface area contributed by atoms with Gasteiger partial charge in [0.15, 0.2) is 0 Å². The lowest BCUT2D eigenvalue weighted by Gasteiger charge is -2.17. The molecule has 5 nitrogen and oxygen atoms in total. The smallest absolute Gasteiger partial charge is 0.271 e. The van der Waals surface area contributed by atoms with Crippen LogP contribution in [-0.2, 0) is 0 Å². The van der Waals surface area contributed by atoms with Crippen LogP contribution in [0.15, 0.2) is 18.2 Å². The van der Waals surface area contributed by atoms with Crippen molar-refractivity contribution in [2.75, 3.05) is 11.9 Å². The number of hydrogen-bond acceptors (Lipinski definition) is 3. The summed E-state index contributed by atoms with van der Waals surface area (Å²) in [5.41, 5.74) is 0.0504. The quantitative estimate of drug-likeness (QED) is 0.483. The maximum Gasteiger partial charge on any atom is 0.271 e. The molecule has 0 heterocycles. The first-order valence-corrected chi connectivity index (χ1v) is 8.30. The Morgan fingerprint density at radius 3 is 2.76 bits per heavy atom. The fourth-order valence-corrected chi connectivity index (χ4v) is 3.80. The Bertz CT molecular complexity index is 553. The van der Waals surface area contributed by atoms with Crippen LogP contribution in [0.25, 0.3) is 0 Å². The topological polar surface area (TPSA) is 72.2 Å². The minimum atomic E-state index is -0.555. The monoisotopic (exact) mass is 374 g/mol. The molecule has 114 valence electrons. The summed E-state index contributed by atoms with van der Waals surface area (Å²) in [7, 11) is 0. The third kappa shape index (κ3) is 4.17. The van der Waals surface area contributed by atoms with E-state index in [1.165, 1.54) is 31.0 Å². The van der Waals surface area contributed by atoms with Crippen LogP contribution in [-0.4, -0.2) is 22.7 Å². The highest BCUT2D eigenvalue weighted by atomic mass is 79.9. The van der Waals surface area contributed by atoms with Gasteiger partial charge in [-0.25, -0.2) is 0 Å². The molecular formula is C14H16BrClN2O3. The molecule has 0 radical (unpaired) electrons. The Labute approximate surface area is 136 Å². The number of nitro groups is 1. The van der Waals surface area contributed by atoms with Crippen molar-refractivity contribution in [3.8, 4) is 0 Å². The lowest BCUT2D eigenvalue weighted by Crippen LogP contribution is -2.31. The van der Waals surface area contributed by atoms with Gasteiger partial charge in [0.2, 0.25) is 0 Å². The Hall–Kier alpha value is -1.14. The molecule has 1 aromatic carbocycles. The molecule has 2 unspecified atom stereocenters. The van der Waals surface area contributed by atoms with Crippen molar-refractivity contribution in [2.45, 2.75) is 19.3 Å². The van der Waals surface area contributed by atoms with Gasteiger partial charge in [-0.1, -0.05) is 34.0 Å². The highest BCUT2D eigenvalue weighted by Crippen LogP contribution is 2.32. The van der Waals surface area contributed by atoms with Crippen molar-refractivity contribution in [1.82, 2.24) is 5.32 Å². The van der Waals surface area contributed by atoms with Gasteiger partial charge in [-0.05, 0) is 30.7 Å². The van der Waals surface area contributed by atoms with E-state index in [0.29, 0.717) is 18.4 Å². The second-order valence-electron chi connectivity index (χ2n) is 5.27.